The fraction of sp³-hybridized carbons (Fsp3) is 0.231. The van der Waals surface area contributed by atoms with Crippen molar-refractivity contribution in [2.75, 3.05) is 7.11 Å². The van der Waals surface area contributed by atoms with Gasteiger partial charge in [0.25, 0.3) is 5.56 Å². The third kappa shape index (κ3) is 2.34. The van der Waals surface area contributed by atoms with Gasteiger partial charge >= 0.3 is 5.69 Å². The zero-order valence-corrected chi connectivity index (χ0v) is 11.6. The highest BCUT2D eigenvalue weighted by Gasteiger charge is 2.16. The van der Waals surface area contributed by atoms with E-state index in [2.05, 4.69) is 4.98 Å². The van der Waals surface area contributed by atoms with Gasteiger partial charge in [0.05, 0.1) is 18.4 Å². The lowest BCUT2D eigenvalue weighted by Gasteiger charge is -2.11. The van der Waals surface area contributed by atoms with E-state index in [9.17, 15) is 14.0 Å². The Kier molecular flexibility index (Phi) is 3.94. The van der Waals surface area contributed by atoms with Gasteiger partial charge in [-0.2, -0.15) is 0 Å². The first-order valence-corrected chi connectivity index (χ1v) is 6.25. The molecule has 0 aliphatic rings. The second-order valence-corrected chi connectivity index (χ2v) is 4.41. The topological polar surface area (TPSA) is 64.1 Å². The number of hydrogen-bond acceptors (Lipinski definition) is 3. The molecule has 0 saturated heterocycles. The Labute approximate surface area is 118 Å². The van der Waals surface area contributed by atoms with Crippen LogP contribution >= 0.6 is 11.6 Å². The third-order valence-corrected chi connectivity index (χ3v) is 3.20. The molecule has 5 nitrogen and oxygen atoms in total. The summed E-state index contributed by atoms with van der Waals surface area (Å²) in [4.78, 5) is 26.6. The normalized spacial score (nSPS) is 10.6. The van der Waals surface area contributed by atoms with Crippen LogP contribution in [0.2, 0.25) is 5.15 Å². The lowest BCUT2D eigenvalue weighted by molar-refractivity contribution is 0.408. The molecular formula is C13H12ClFN2O3. The summed E-state index contributed by atoms with van der Waals surface area (Å²) in [6.07, 6.45) is 0.359. The summed E-state index contributed by atoms with van der Waals surface area (Å²) in [6.45, 7) is 1.74. The SMILES string of the molecule is CCc1c(Cl)[nH]c(=O)n(-c2ccc(F)cc2OC)c1=O. The van der Waals surface area contributed by atoms with E-state index in [0.717, 1.165) is 16.7 Å². The van der Waals surface area contributed by atoms with E-state index in [4.69, 9.17) is 16.3 Å². The van der Waals surface area contributed by atoms with Crippen molar-refractivity contribution in [3.8, 4) is 11.4 Å². The van der Waals surface area contributed by atoms with Crippen LogP contribution in [0.15, 0.2) is 27.8 Å². The number of halogens is 2. The van der Waals surface area contributed by atoms with Crippen molar-refractivity contribution in [1.29, 1.82) is 0 Å². The molecule has 0 spiro atoms. The largest absolute Gasteiger partial charge is 0.494 e. The molecule has 0 aliphatic carbocycles. The van der Waals surface area contributed by atoms with E-state index in [1.54, 1.807) is 6.92 Å². The van der Waals surface area contributed by atoms with Gasteiger partial charge in [0, 0.05) is 6.07 Å². The first-order chi connectivity index (χ1) is 9.49. The van der Waals surface area contributed by atoms with Crippen molar-refractivity contribution < 1.29 is 9.13 Å². The molecule has 20 heavy (non-hydrogen) atoms. The third-order valence-electron chi connectivity index (χ3n) is 2.88. The lowest BCUT2D eigenvalue weighted by atomic mass is 10.2. The smallest absolute Gasteiger partial charge is 0.334 e. The molecule has 106 valence electrons. The predicted octanol–water partition coefficient (Wildman–Crippen LogP) is 1.89. The highest BCUT2D eigenvalue weighted by atomic mass is 35.5. The molecule has 1 aromatic heterocycles. The Balaban J connectivity index is 2.83. The van der Waals surface area contributed by atoms with Gasteiger partial charge in [-0.05, 0) is 18.6 Å². The first-order valence-electron chi connectivity index (χ1n) is 5.87. The van der Waals surface area contributed by atoms with E-state index in [1.165, 1.54) is 13.2 Å². The molecule has 1 aromatic carbocycles. The van der Waals surface area contributed by atoms with Gasteiger partial charge in [-0.25, -0.2) is 13.8 Å². The summed E-state index contributed by atoms with van der Waals surface area (Å²) < 4.78 is 19.1. The van der Waals surface area contributed by atoms with Crippen LogP contribution in [-0.4, -0.2) is 16.7 Å². The molecule has 1 N–H and O–H groups in total. The Morgan fingerprint density at radius 3 is 2.70 bits per heavy atom. The minimum atomic E-state index is -0.706. The van der Waals surface area contributed by atoms with Crippen molar-refractivity contribution in [2.45, 2.75) is 13.3 Å². The van der Waals surface area contributed by atoms with E-state index in [-0.39, 0.29) is 22.2 Å². The van der Waals surface area contributed by atoms with E-state index in [1.807, 2.05) is 0 Å². The Morgan fingerprint density at radius 2 is 2.10 bits per heavy atom. The van der Waals surface area contributed by atoms with Gasteiger partial charge in [0.15, 0.2) is 0 Å². The standard InChI is InChI=1S/C13H12ClFN2O3/c1-3-8-11(14)16-13(19)17(12(8)18)9-5-4-7(15)6-10(9)20-2/h4-6H,3H2,1-2H3,(H,16,19). The summed E-state index contributed by atoms with van der Waals surface area (Å²) in [5.74, 6) is -0.443. The van der Waals surface area contributed by atoms with Gasteiger partial charge in [-0.15, -0.1) is 0 Å². The summed E-state index contributed by atoms with van der Waals surface area (Å²) in [7, 11) is 1.33. The van der Waals surface area contributed by atoms with E-state index >= 15 is 0 Å². The molecule has 0 fully saturated rings. The van der Waals surface area contributed by atoms with Crippen LogP contribution in [0.5, 0.6) is 5.75 Å². The average molecular weight is 299 g/mol. The predicted molar refractivity (Wildman–Crippen MR) is 73.6 cm³/mol. The van der Waals surface area contributed by atoms with Crippen molar-refractivity contribution in [2.24, 2.45) is 0 Å². The van der Waals surface area contributed by atoms with Gasteiger partial charge < -0.3 is 4.74 Å². The number of rotatable bonds is 3. The Bertz CT molecular complexity index is 767. The van der Waals surface area contributed by atoms with Crippen LogP contribution in [0.1, 0.15) is 12.5 Å². The Hall–Kier alpha value is -2.08. The molecule has 0 radical (unpaired) electrons. The molecule has 2 aromatic rings. The number of aromatic nitrogens is 2. The summed E-state index contributed by atoms with van der Waals surface area (Å²) >= 11 is 5.83. The van der Waals surface area contributed by atoms with Gasteiger partial charge in [0.2, 0.25) is 0 Å². The zero-order chi connectivity index (χ0) is 14.9. The summed E-state index contributed by atoms with van der Waals surface area (Å²) in [5.41, 5.74) is -0.822. The molecular weight excluding hydrogens is 287 g/mol. The van der Waals surface area contributed by atoms with Crippen molar-refractivity contribution >= 4 is 11.6 Å². The van der Waals surface area contributed by atoms with Crippen LogP contribution in [0.25, 0.3) is 5.69 Å². The molecule has 2 rings (SSSR count). The van der Waals surface area contributed by atoms with Crippen molar-refractivity contribution in [3.63, 3.8) is 0 Å². The van der Waals surface area contributed by atoms with Crippen LogP contribution in [-0.2, 0) is 6.42 Å². The second kappa shape index (κ2) is 5.50. The van der Waals surface area contributed by atoms with E-state index < -0.39 is 17.1 Å². The number of benzene rings is 1. The number of aromatic amines is 1. The van der Waals surface area contributed by atoms with Gasteiger partial charge in [0.1, 0.15) is 16.7 Å². The lowest BCUT2D eigenvalue weighted by Crippen LogP contribution is -2.36. The van der Waals surface area contributed by atoms with Crippen LogP contribution < -0.4 is 16.0 Å². The minimum Gasteiger partial charge on any atom is -0.494 e. The fourth-order valence-electron chi connectivity index (χ4n) is 1.91. The molecule has 7 heteroatoms. The molecule has 0 bridgehead atoms. The number of ether oxygens (including phenoxy) is 1. The quantitative estimate of drug-likeness (QED) is 0.880. The fourth-order valence-corrected chi connectivity index (χ4v) is 2.20. The second-order valence-electron chi connectivity index (χ2n) is 4.03. The maximum atomic E-state index is 13.2. The van der Waals surface area contributed by atoms with Crippen LogP contribution in [0, 0.1) is 5.82 Å². The molecule has 0 amide bonds. The number of hydrogen-bond donors (Lipinski definition) is 1. The summed E-state index contributed by atoms with van der Waals surface area (Å²) in [6, 6.07) is 3.55. The van der Waals surface area contributed by atoms with Crippen molar-refractivity contribution in [3.05, 3.63) is 55.6 Å². The molecule has 1 heterocycles. The first kappa shape index (κ1) is 14.3. The number of nitrogens with one attached hydrogen (secondary N) is 1. The Morgan fingerprint density at radius 1 is 1.40 bits per heavy atom. The molecule has 0 unspecified atom stereocenters. The highest BCUT2D eigenvalue weighted by molar-refractivity contribution is 6.30. The number of H-pyrrole nitrogens is 1. The molecule has 0 aliphatic heterocycles. The maximum absolute atomic E-state index is 13.2. The zero-order valence-electron chi connectivity index (χ0n) is 10.9. The van der Waals surface area contributed by atoms with Crippen LogP contribution in [0.4, 0.5) is 4.39 Å². The van der Waals surface area contributed by atoms with Crippen molar-refractivity contribution in [1.82, 2.24) is 9.55 Å². The molecule has 0 saturated carbocycles. The maximum Gasteiger partial charge on any atom is 0.334 e. The average Bonchev–Trinajstić information content (AvgIpc) is 2.40. The van der Waals surface area contributed by atoms with Gasteiger partial charge in [-0.3, -0.25) is 9.78 Å². The monoisotopic (exact) mass is 298 g/mol. The van der Waals surface area contributed by atoms with Gasteiger partial charge in [-0.1, -0.05) is 18.5 Å². The number of methoxy groups -OCH3 is 1. The minimum absolute atomic E-state index is 0.0137. The molecule has 0 atom stereocenters. The number of nitrogens with zero attached hydrogens (tertiary/aromatic N) is 1. The van der Waals surface area contributed by atoms with Crippen LogP contribution in [0.3, 0.4) is 0 Å². The van der Waals surface area contributed by atoms with E-state index in [0.29, 0.717) is 6.42 Å². The summed E-state index contributed by atoms with van der Waals surface area (Å²) in [5, 5.41) is 0.0137. The highest BCUT2D eigenvalue weighted by Crippen LogP contribution is 2.22.